The lowest BCUT2D eigenvalue weighted by atomic mass is 10.0. The first-order valence-corrected chi connectivity index (χ1v) is 8.71. The van der Waals surface area contributed by atoms with Crippen molar-refractivity contribution in [2.75, 3.05) is 12.3 Å². The van der Waals surface area contributed by atoms with Crippen LogP contribution in [-0.2, 0) is 0 Å². The molecule has 0 spiro atoms. The van der Waals surface area contributed by atoms with Crippen LogP contribution in [0.1, 0.15) is 22.5 Å². The highest BCUT2D eigenvalue weighted by Gasteiger charge is 2.42. The fourth-order valence-electron chi connectivity index (χ4n) is 3.25. The molecule has 1 aromatic heterocycles. The maximum absolute atomic E-state index is 13.0. The molecule has 2 atom stereocenters. The molecule has 114 valence electrons. The van der Waals surface area contributed by atoms with Crippen LogP contribution in [0.3, 0.4) is 0 Å². The van der Waals surface area contributed by atoms with Crippen molar-refractivity contribution in [3.05, 3.63) is 40.6 Å². The lowest BCUT2D eigenvalue weighted by molar-refractivity contribution is 0.0746. The summed E-state index contributed by atoms with van der Waals surface area (Å²) in [5.74, 6) is 1.60. The maximum Gasteiger partial charge on any atom is 0.260 e. The van der Waals surface area contributed by atoms with Crippen LogP contribution in [0.4, 0.5) is 0 Å². The summed E-state index contributed by atoms with van der Waals surface area (Å²) in [6.07, 6.45) is 1.10. The van der Waals surface area contributed by atoms with Crippen molar-refractivity contribution in [1.29, 1.82) is 0 Å². The van der Waals surface area contributed by atoms with Gasteiger partial charge >= 0.3 is 0 Å². The third kappa shape index (κ3) is 2.15. The molecule has 2 aliphatic heterocycles. The number of hydrogen-bond acceptors (Lipinski definition) is 4. The highest BCUT2D eigenvalue weighted by molar-refractivity contribution is 8.00. The molecule has 2 fully saturated rings. The van der Waals surface area contributed by atoms with Crippen LogP contribution in [0.2, 0.25) is 5.02 Å². The van der Waals surface area contributed by atoms with E-state index in [1.807, 2.05) is 34.9 Å². The molecular formula is C16H15ClN2O2S. The van der Waals surface area contributed by atoms with Crippen molar-refractivity contribution >= 4 is 29.3 Å². The number of nitrogens with zero attached hydrogens (tertiary/aromatic N) is 2. The zero-order valence-corrected chi connectivity index (χ0v) is 13.7. The van der Waals surface area contributed by atoms with E-state index in [0.717, 1.165) is 24.3 Å². The van der Waals surface area contributed by atoms with Gasteiger partial charge in [0.1, 0.15) is 17.0 Å². The Balaban J connectivity index is 1.75. The van der Waals surface area contributed by atoms with E-state index < -0.39 is 0 Å². The Morgan fingerprint density at radius 3 is 2.95 bits per heavy atom. The van der Waals surface area contributed by atoms with E-state index >= 15 is 0 Å². The Morgan fingerprint density at radius 2 is 2.27 bits per heavy atom. The van der Waals surface area contributed by atoms with Crippen LogP contribution in [0.5, 0.6) is 0 Å². The highest BCUT2D eigenvalue weighted by atomic mass is 35.5. The third-order valence-electron chi connectivity index (χ3n) is 4.37. The first kappa shape index (κ1) is 14.2. The fourth-order valence-corrected chi connectivity index (χ4v) is 4.91. The predicted octanol–water partition coefficient (Wildman–Crippen LogP) is 3.63. The molecule has 4 nitrogen and oxygen atoms in total. The Bertz CT molecular complexity index is 745. The number of hydrogen-bond donors (Lipinski definition) is 0. The largest absolute Gasteiger partial charge is 0.360 e. The van der Waals surface area contributed by atoms with Gasteiger partial charge in [-0.25, -0.2) is 0 Å². The minimum atomic E-state index is 0.0152. The molecule has 2 aromatic rings. The smallest absolute Gasteiger partial charge is 0.260 e. The summed E-state index contributed by atoms with van der Waals surface area (Å²) in [6, 6.07) is 7.74. The predicted molar refractivity (Wildman–Crippen MR) is 87.4 cm³/mol. The van der Waals surface area contributed by atoms with Gasteiger partial charge in [0.25, 0.3) is 5.91 Å². The SMILES string of the molecule is Cc1onc(-c2ccccc2Cl)c1C(=O)N1CC2CC1CS2. The standard InChI is InChI=1S/C16H15ClN2O2S/c1-9-14(16(20)19-7-11-6-10(19)8-22-11)15(18-21-9)12-4-2-3-5-13(12)17/h2-5,10-11H,6-8H2,1H3. The number of benzene rings is 1. The van der Waals surface area contributed by atoms with Crippen LogP contribution in [0.25, 0.3) is 11.3 Å². The van der Waals surface area contributed by atoms with Crippen molar-refractivity contribution in [3.8, 4) is 11.3 Å². The Kier molecular flexibility index (Phi) is 3.42. The normalized spacial score (nSPS) is 23.3. The number of likely N-dealkylation sites (tertiary alicyclic amines) is 1. The zero-order chi connectivity index (χ0) is 15.3. The van der Waals surface area contributed by atoms with Gasteiger partial charge < -0.3 is 9.42 Å². The fraction of sp³-hybridized carbons (Fsp3) is 0.375. The monoisotopic (exact) mass is 334 g/mol. The van der Waals surface area contributed by atoms with E-state index in [1.165, 1.54) is 0 Å². The number of carbonyl (C=O) groups is 1. The average Bonchev–Trinajstić information content (AvgIpc) is 3.22. The molecule has 0 saturated carbocycles. The van der Waals surface area contributed by atoms with Gasteiger partial charge in [0, 0.05) is 29.2 Å². The van der Waals surface area contributed by atoms with Gasteiger partial charge in [-0.05, 0) is 19.4 Å². The Hall–Kier alpha value is -1.46. The van der Waals surface area contributed by atoms with Crippen molar-refractivity contribution in [3.63, 3.8) is 0 Å². The number of carbonyl (C=O) groups excluding carboxylic acids is 1. The molecule has 6 heteroatoms. The molecule has 0 aliphatic carbocycles. The van der Waals surface area contributed by atoms with Gasteiger partial charge in [0.15, 0.2) is 0 Å². The lowest BCUT2D eigenvalue weighted by Gasteiger charge is -2.26. The van der Waals surface area contributed by atoms with Crippen molar-refractivity contribution in [2.24, 2.45) is 0 Å². The summed E-state index contributed by atoms with van der Waals surface area (Å²) in [7, 11) is 0. The molecule has 2 saturated heterocycles. The van der Waals surface area contributed by atoms with Crippen LogP contribution >= 0.6 is 23.4 Å². The minimum absolute atomic E-state index is 0.0152. The van der Waals surface area contributed by atoms with E-state index in [-0.39, 0.29) is 5.91 Å². The molecule has 0 N–H and O–H groups in total. The number of fused-ring (bicyclic) bond motifs is 2. The molecule has 2 unspecified atom stereocenters. The number of aromatic nitrogens is 1. The van der Waals surface area contributed by atoms with E-state index in [1.54, 1.807) is 13.0 Å². The van der Waals surface area contributed by atoms with E-state index in [9.17, 15) is 4.79 Å². The minimum Gasteiger partial charge on any atom is -0.360 e. The average molecular weight is 335 g/mol. The quantitative estimate of drug-likeness (QED) is 0.841. The lowest BCUT2D eigenvalue weighted by Crippen LogP contribution is -2.39. The number of aryl methyl sites for hydroxylation is 1. The number of rotatable bonds is 2. The van der Waals surface area contributed by atoms with Crippen molar-refractivity contribution in [1.82, 2.24) is 10.1 Å². The molecule has 4 rings (SSSR count). The van der Waals surface area contributed by atoms with Gasteiger partial charge in [0.05, 0.1) is 5.02 Å². The van der Waals surface area contributed by atoms with Gasteiger partial charge in [-0.3, -0.25) is 4.79 Å². The highest BCUT2D eigenvalue weighted by Crippen LogP contribution is 2.39. The molecule has 1 aromatic carbocycles. The zero-order valence-electron chi connectivity index (χ0n) is 12.1. The summed E-state index contributed by atoms with van der Waals surface area (Å²) in [6.45, 7) is 2.60. The van der Waals surface area contributed by atoms with Crippen LogP contribution < -0.4 is 0 Å². The van der Waals surface area contributed by atoms with Crippen molar-refractivity contribution in [2.45, 2.75) is 24.6 Å². The first-order valence-electron chi connectivity index (χ1n) is 7.29. The summed E-state index contributed by atoms with van der Waals surface area (Å²) in [5.41, 5.74) is 1.83. The molecule has 22 heavy (non-hydrogen) atoms. The third-order valence-corrected chi connectivity index (χ3v) is 6.09. The van der Waals surface area contributed by atoms with Gasteiger partial charge in [-0.1, -0.05) is 35.0 Å². The molecule has 3 heterocycles. The number of halogens is 1. The second-order valence-electron chi connectivity index (χ2n) is 5.74. The van der Waals surface area contributed by atoms with Gasteiger partial charge in [0.2, 0.25) is 0 Å². The molecular weight excluding hydrogens is 320 g/mol. The van der Waals surface area contributed by atoms with Gasteiger partial charge in [-0.15, -0.1) is 0 Å². The van der Waals surface area contributed by atoms with E-state index in [2.05, 4.69) is 5.16 Å². The summed E-state index contributed by atoms with van der Waals surface area (Å²) in [5, 5.41) is 5.24. The van der Waals surface area contributed by atoms with Gasteiger partial charge in [-0.2, -0.15) is 11.8 Å². The van der Waals surface area contributed by atoms with E-state index in [0.29, 0.717) is 33.3 Å². The summed E-state index contributed by atoms with van der Waals surface area (Å²) >= 11 is 8.22. The first-order chi connectivity index (χ1) is 10.6. The van der Waals surface area contributed by atoms with Crippen LogP contribution in [0, 0.1) is 6.92 Å². The van der Waals surface area contributed by atoms with E-state index in [4.69, 9.17) is 16.1 Å². The Labute approximate surface area is 137 Å². The topological polar surface area (TPSA) is 46.3 Å². The number of amides is 1. The molecule has 1 amide bonds. The molecule has 2 bridgehead atoms. The summed E-state index contributed by atoms with van der Waals surface area (Å²) < 4.78 is 5.30. The second-order valence-corrected chi connectivity index (χ2v) is 7.49. The number of thioether (sulfide) groups is 1. The second kappa shape index (κ2) is 5.32. The maximum atomic E-state index is 13.0. The van der Waals surface area contributed by atoms with Crippen LogP contribution in [-0.4, -0.2) is 39.6 Å². The molecule has 0 radical (unpaired) electrons. The van der Waals surface area contributed by atoms with Crippen molar-refractivity contribution < 1.29 is 9.32 Å². The van der Waals surface area contributed by atoms with Crippen LogP contribution in [0.15, 0.2) is 28.8 Å². The Morgan fingerprint density at radius 1 is 1.45 bits per heavy atom. The summed E-state index contributed by atoms with van der Waals surface area (Å²) in [4.78, 5) is 15.0. The molecule has 2 aliphatic rings.